The molecular weight excluding hydrogens is 357 g/mol. The molecule has 1 aromatic rings. The fourth-order valence-electron chi connectivity index (χ4n) is 2.49. The average Bonchev–Trinajstić information content (AvgIpc) is 2.86. The Morgan fingerprint density at radius 3 is 3.17 bits per heavy atom. The molecule has 1 aromatic heterocycles. The maximum atomic E-state index is 12.2. The molecule has 1 atom stereocenters. The standard InChI is InChI=1S/C14H20INOS/c15-8-2-1-3-9-16-14(17)12-5-4-6-13-11(12)7-10-18-13/h7,10,12H,1-6,8-9H2,(H,16,17). The minimum Gasteiger partial charge on any atom is -0.356 e. The van der Waals surface area contributed by atoms with E-state index in [2.05, 4.69) is 39.4 Å². The molecule has 1 N–H and O–H groups in total. The van der Waals surface area contributed by atoms with E-state index in [0.29, 0.717) is 0 Å². The van der Waals surface area contributed by atoms with E-state index in [0.717, 1.165) is 32.2 Å². The summed E-state index contributed by atoms with van der Waals surface area (Å²) in [6.45, 7) is 0.839. The van der Waals surface area contributed by atoms with E-state index in [1.54, 1.807) is 11.3 Å². The normalized spacial score (nSPS) is 18.4. The lowest BCUT2D eigenvalue weighted by Crippen LogP contribution is -2.31. The fraction of sp³-hybridized carbons (Fsp3) is 0.643. The van der Waals surface area contributed by atoms with E-state index in [-0.39, 0.29) is 11.8 Å². The molecule has 0 spiro atoms. The van der Waals surface area contributed by atoms with Crippen molar-refractivity contribution in [3.63, 3.8) is 0 Å². The Morgan fingerprint density at radius 2 is 2.33 bits per heavy atom. The molecule has 0 radical (unpaired) electrons. The molecule has 2 rings (SSSR count). The van der Waals surface area contributed by atoms with Crippen molar-refractivity contribution in [2.24, 2.45) is 0 Å². The van der Waals surface area contributed by atoms with Gasteiger partial charge in [0.25, 0.3) is 0 Å². The average molecular weight is 377 g/mol. The van der Waals surface area contributed by atoms with Gasteiger partial charge in [0.15, 0.2) is 0 Å². The van der Waals surface area contributed by atoms with Crippen molar-refractivity contribution in [1.29, 1.82) is 0 Å². The van der Waals surface area contributed by atoms with E-state index >= 15 is 0 Å². The zero-order valence-electron chi connectivity index (χ0n) is 10.6. The minimum absolute atomic E-state index is 0.115. The molecule has 0 aliphatic heterocycles. The number of rotatable bonds is 6. The van der Waals surface area contributed by atoms with Crippen LogP contribution >= 0.6 is 33.9 Å². The van der Waals surface area contributed by atoms with Gasteiger partial charge in [-0.15, -0.1) is 11.3 Å². The molecule has 0 saturated carbocycles. The van der Waals surface area contributed by atoms with Crippen molar-refractivity contribution in [3.05, 3.63) is 21.9 Å². The summed E-state index contributed by atoms with van der Waals surface area (Å²) in [5, 5.41) is 5.23. The van der Waals surface area contributed by atoms with E-state index in [9.17, 15) is 4.79 Å². The molecule has 0 bridgehead atoms. The highest BCUT2D eigenvalue weighted by atomic mass is 127. The maximum absolute atomic E-state index is 12.2. The van der Waals surface area contributed by atoms with Crippen LogP contribution in [0.1, 0.15) is 48.5 Å². The lowest BCUT2D eigenvalue weighted by Gasteiger charge is -2.21. The number of thiophene rings is 1. The molecule has 100 valence electrons. The van der Waals surface area contributed by atoms with Crippen molar-refractivity contribution in [1.82, 2.24) is 5.32 Å². The van der Waals surface area contributed by atoms with Crippen molar-refractivity contribution < 1.29 is 4.79 Å². The molecule has 4 heteroatoms. The van der Waals surface area contributed by atoms with Gasteiger partial charge in [-0.25, -0.2) is 0 Å². The number of halogens is 1. The molecule has 18 heavy (non-hydrogen) atoms. The highest BCUT2D eigenvalue weighted by Crippen LogP contribution is 2.34. The van der Waals surface area contributed by atoms with E-state index < -0.39 is 0 Å². The quantitative estimate of drug-likeness (QED) is 0.455. The van der Waals surface area contributed by atoms with Gasteiger partial charge in [0.2, 0.25) is 5.91 Å². The number of unbranched alkanes of at least 4 members (excludes halogenated alkanes) is 2. The zero-order chi connectivity index (χ0) is 12.8. The van der Waals surface area contributed by atoms with Gasteiger partial charge in [0.05, 0.1) is 5.92 Å². The number of nitrogens with one attached hydrogen (secondary N) is 1. The second-order valence-electron chi connectivity index (χ2n) is 4.78. The van der Waals surface area contributed by atoms with Crippen LogP contribution < -0.4 is 5.32 Å². The highest BCUT2D eigenvalue weighted by molar-refractivity contribution is 14.1. The number of aryl methyl sites for hydroxylation is 1. The number of alkyl halides is 1. The van der Waals surface area contributed by atoms with Crippen LogP contribution in [0.25, 0.3) is 0 Å². The summed E-state index contributed by atoms with van der Waals surface area (Å²) >= 11 is 4.20. The molecule has 0 aromatic carbocycles. The Hall–Kier alpha value is -0.100. The summed E-state index contributed by atoms with van der Waals surface area (Å²) in [6, 6.07) is 2.14. The van der Waals surface area contributed by atoms with Gasteiger partial charge in [0.1, 0.15) is 0 Å². The van der Waals surface area contributed by atoms with Crippen LogP contribution in [0.2, 0.25) is 0 Å². The summed E-state index contributed by atoms with van der Waals surface area (Å²) in [4.78, 5) is 13.6. The fourth-order valence-corrected chi connectivity index (χ4v) is 4.02. The van der Waals surface area contributed by atoms with Crippen LogP contribution in [0, 0.1) is 0 Å². The Bertz CT molecular complexity index is 391. The van der Waals surface area contributed by atoms with Gasteiger partial charge >= 0.3 is 0 Å². The van der Waals surface area contributed by atoms with E-state index in [1.807, 2.05) is 0 Å². The number of fused-ring (bicyclic) bond motifs is 1. The van der Waals surface area contributed by atoms with Gasteiger partial charge in [-0.1, -0.05) is 29.0 Å². The van der Waals surface area contributed by atoms with Crippen molar-refractivity contribution in [2.75, 3.05) is 11.0 Å². The smallest absolute Gasteiger partial charge is 0.227 e. The number of carbonyl (C=O) groups is 1. The van der Waals surface area contributed by atoms with Crippen molar-refractivity contribution in [3.8, 4) is 0 Å². The summed E-state index contributed by atoms with van der Waals surface area (Å²) in [5.74, 6) is 0.355. The van der Waals surface area contributed by atoms with Crippen LogP contribution in [0.3, 0.4) is 0 Å². The molecule has 0 saturated heterocycles. The van der Waals surface area contributed by atoms with Crippen LogP contribution in [-0.2, 0) is 11.2 Å². The first-order chi connectivity index (χ1) is 8.83. The Kier molecular flexibility index (Phi) is 5.95. The van der Waals surface area contributed by atoms with Crippen LogP contribution in [0.15, 0.2) is 11.4 Å². The number of carbonyl (C=O) groups excluding carboxylic acids is 1. The Labute approximate surface area is 127 Å². The summed E-state index contributed by atoms with van der Waals surface area (Å²) in [7, 11) is 0. The van der Waals surface area contributed by atoms with Gasteiger partial charge in [-0.3, -0.25) is 4.79 Å². The molecule has 1 aliphatic rings. The molecule has 0 fully saturated rings. The number of amides is 1. The van der Waals surface area contributed by atoms with Crippen LogP contribution in [-0.4, -0.2) is 16.9 Å². The van der Waals surface area contributed by atoms with Crippen molar-refractivity contribution in [2.45, 2.75) is 44.4 Å². The molecule has 1 heterocycles. The SMILES string of the molecule is O=C(NCCCCCI)C1CCCc2sccc21. The summed E-state index contributed by atoms with van der Waals surface area (Å²) in [6.07, 6.45) is 6.92. The topological polar surface area (TPSA) is 29.1 Å². The first-order valence-electron chi connectivity index (χ1n) is 6.73. The molecule has 1 aliphatic carbocycles. The molecule has 2 nitrogen and oxygen atoms in total. The number of hydrogen-bond acceptors (Lipinski definition) is 2. The van der Waals surface area contributed by atoms with Crippen LogP contribution in [0.5, 0.6) is 0 Å². The summed E-state index contributed by atoms with van der Waals surface area (Å²) < 4.78 is 1.21. The second-order valence-corrected chi connectivity index (χ2v) is 6.86. The van der Waals surface area contributed by atoms with Gasteiger partial charge in [-0.2, -0.15) is 0 Å². The highest BCUT2D eigenvalue weighted by Gasteiger charge is 2.26. The van der Waals surface area contributed by atoms with Gasteiger partial charge in [0, 0.05) is 11.4 Å². The minimum atomic E-state index is 0.115. The second kappa shape index (κ2) is 7.48. The first-order valence-corrected chi connectivity index (χ1v) is 9.13. The predicted octanol–water partition coefficient (Wildman–Crippen LogP) is 3.89. The lowest BCUT2D eigenvalue weighted by molar-refractivity contribution is -0.122. The third-order valence-electron chi connectivity index (χ3n) is 3.48. The summed E-state index contributed by atoms with van der Waals surface area (Å²) in [5.41, 5.74) is 1.29. The lowest BCUT2D eigenvalue weighted by atomic mass is 9.87. The Morgan fingerprint density at radius 1 is 1.44 bits per heavy atom. The molecule has 1 unspecified atom stereocenters. The monoisotopic (exact) mass is 377 g/mol. The van der Waals surface area contributed by atoms with Crippen LogP contribution in [0.4, 0.5) is 0 Å². The van der Waals surface area contributed by atoms with E-state index in [1.165, 1.54) is 27.7 Å². The largest absolute Gasteiger partial charge is 0.356 e. The van der Waals surface area contributed by atoms with E-state index in [4.69, 9.17) is 0 Å². The maximum Gasteiger partial charge on any atom is 0.227 e. The van der Waals surface area contributed by atoms with Gasteiger partial charge < -0.3 is 5.32 Å². The third-order valence-corrected chi connectivity index (χ3v) is 5.24. The molecular formula is C14H20INOS. The number of hydrogen-bond donors (Lipinski definition) is 1. The third kappa shape index (κ3) is 3.70. The first kappa shape index (κ1) is 14.3. The molecule has 1 amide bonds. The Balaban J connectivity index is 1.80. The zero-order valence-corrected chi connectivity index (χ0v) is 13.6. The van der Waals surface area contributed by atoms with Crippen molar-refractivity contribution >= 4 is 39.8 Å². The van der Waals surface area contributed by atoms with Gasteiger partial charge in [-0.05, 0) is 53.5 Å². The predicted molar refractivity (Wildman–Crippen MR) is 85.7 cm³/mol.